The molecule has 8 heteroatoms. The molecule has 6 rings (SSSR count). The number of quaternary nitrogens is 2. The predicted molar refractivity (Wildman–Crippen MR) is 203 cm³/mol. The lowest BCUT2D eigenvalue weighted by atomic mass is 10.1. The van der Waals surface area contributed by atoms with Crippen LogP contribution in [0.25, 0.3) is 12.2 Å². The highest BCUT2D eigenvalue weighted by atomic mass is 79.9. The highest BCUT2D eigenvalue weighted by Crippen LogP contribution is 2.24. The Hall–Kier alpha value is -3.95. The lowest BCUT2D eigenvalue weighted by Crippen LogP contribution is -3.00. The number of hydrogen-bond acceptors (Lipinski definition) is 4. The van der Waals surface area contributed by atoms with Gasteiger partial charge in [-0.05, 0) is 47.5 Å². The summed E-state index contributed by atoms with van der Waals surface area (Å²) >= 11 is 0. The van der Waals surface area contributed by atoms with E-state index in [9.17, 15) is 9.90 Å². The van der Waals surface area contributed by atoms with Gasteiger partial charge < -0.3 is 57.8 Å². The van der Waals surface area contributed by atoms with Crippen LogP contribution in [0.15, 0.2) is 133 Å². The monoisotopic (exact) mass is 812 g/mol. The number of likely N-dealkylation sites (N-methyl/N-ethyl adjacent to an activating group) is 2. The summed E-state index contributed by atoms with van der Waals surface area (Å²) in [5.74, 6) is -0.320. The van der Waals surface area contributed by atoms with Crippen molar-refractivity contribution in [3.63, 3.8) is 0 Å². The van der Waals surface area contributed by atoms with Gasteiger partial charge in [0.2, 0.25) is 0 Å². The molecule has 0 unspecified atom stereocenters. The second-order valence-electron chi connectivity index (χ2n) is 14.2. The predicted octanol–water partition coefficient (Wildman–Crippen LogP) is 1.37. The molecule has 4 aromatic carbocycles. The molecule has 0 atom stereocenters. The molecular weight excluding hydrogens is 764 g/mol. The van der Waals surface area contributed by atoms with Crippen molar-refractivity contribution in [1.82, 2.24) is 0 Å². The van der Waals surface area contributed by atoms with Gasteiger partial charge in [-0.15, -0.1) is 0 Å². The molecule has 2 saturated heterocycles. The van der Waals surface area contributed by atoms with Crippen molar-refractivity contribution in [2.45, 2.75) is 13.1 Å². The summed E-state index contributed by atoms with van der Waals surface area (Å²) in [6.45, 7) is 10.6. The quantitative estimate of drug-likeness (QED) is 0.108. The van der Waals surface area contributed by atoms with Crippen LogP contribution < -0.4 is 43.8 Å². The maximum Gasteiger partial charge on any atom is 0.182 e. The molecule has 268 valence electrons. The van der Waals surface area contributed by atoms with Gasteiger partial charge in [0.05, 0.1) is 66.5 Å². The molecule has 0 saturated carbocycles. The second kappa shape index (κ2) is 18.5. The van der Waals surface area contributed by atoms with E-state index in [2.05, 4.69) is 121 Å². The van der Waals surface area contributed by atoms with E-state index >= 15 is 0 Å². The van der Waals surface area contributed by atoms with Gasteiger partial charge in [0.15, 0.2) is 5.78 Å². The molecule has 2 heterocycles. The van der Waals surface area contributed by atoms with Gasteiger partial charge in [0.25, 0.3) is 0 Å². The van der Waals surface area contributed by atoms with Crippen LogP contribution in [0.5, 0.6) is 0 Å². The summed E-state index contributed by atoms with van der Waals surface area (Å²) in [4.78, 5) is 17.4. The number of allylic oxidation sites excluding steroid dienone is 3. The van der Waals surface area contributed by atoms with E-state index in [1.165, 1.54) is 34.7 Å². The van der Waals surface area contributed by atoms with Crippen LogP contribution in [0, 0.1) is 0 Å². The Balaban J connectivity index is 0.00000292. The largest absolute Gasteiger partial charge is 1.00 e. The second-order valence-corrected chi connectivity index (χ2v) is 14.2. The standard InChI is InChI=1S/C43H49N4O2.2BrH/c1-46(34-38-9-5-3-6-10-38)29-25-44(26-30-46)40-19-13-36(14-20-40)17-23-42(48)33-43(49)24-18-37-15-21-41(22-16-37)45-27-31-47(2,32-28-45)35-39-11-7-4-8-12-39;;/h3-24,33H,25-32,34-35H2,1-2H3;2*1H/q+1;;/p-1/b23-17+,24-18+;;. The van der Waals surface area contributed by atoms with Gasteiger partial charge in [0.1, 0.15) is 18.8 Å². The van der Waals surface area contributed by atoms with Gasteiger partial charge >= 0.3 is 0 Å². The van der Waals surface area contributed by atoms with E-state index in [0.717, 1.165) is 85.5 Å². The third-order valence-corrected chi connectivity index (χ3v) is 10.1. The number of aliphatic hydroxyl groups excluding tert-OH is 1. The molecule has 0 spiro atoms. The molecule has 4 aromatic rings. The fourth-order valence-corrected chi connectivity index (χ4v) is 6.97. The molecular formula is C43H50Br2N4O2. The number of halogens is 2. The highest BCUT2D eigenvalue weighted by molar-refractivity contribution is 6.02. The molecule has 6 nitrogen and oxygen atoms in total. The maximum absolute atomic E-state index is 12.5. The van der Waals surface area contributed by atoms with Crippen LogP contribution in [0.3, 0.4) is 0 Å². The lowest BCUT2D eigenvalue weighted by molar-refractivity contribution is -0.923. The summed E-state index contributed by atoms with van der Waals surface area (Å²) in [5, 5.41) is 10.4. The molecule has 2 fully saturated rings. The van der Waals surface area contributed by atoms with E-state index in [4.69, 9.17) is 0 Å². The minimum Gasteiger partial charge on any atom is -1.00 e. The molecule has 2 aliphatic rings. The van der Waals surface area contributed by atoms with Crippen molar-refractivity contribution >= 4 is 29.3 Å². The zero-order valence-corrected chi connectivity index (χ0v) is 32.9. The number of piperazine rings is 2. The first-order valence-corrected chi connectivity index (χ1v) is 17.5. The molecule has 0 aromatic heterocycles. The fourth-order valence-electron chi connectivity index (χ4n) is 6.97. The van der Waals surface area contributed by atoms with Crippen molar-refractivity contribution < 1.29 is 52.8 Å². The average molecular weight is 815 g/mol. The summed E-state index contributed by atoms with van der Waals surface area (Å²) in [5.41, 5.74) is 7.14. The Labute approximate surface area is 325 Å². The first kappa shape index (κ1) is 39.8. The summed E-state index contributed by atoms with van der Waals surface area (Å²) in [6, 6.07) is 38.3. The molecule has 0 radical (unpaired) electrons. The lowest BCUT2D eigenvalue weighted by Gasteiger charge is -2.43. The van der Waals surface area contributed by atoms with Crippen molar-refractivity contribution in [1.29, 1.82) is 0 Å². The van der Waals surface area contributed by atoms with Crippen LogP contribution in [0.2, 0.25) is 0 Å². The van der Waals surface area contributed by atoms with Crippen molar-refractivity contribution in [3.8, 4) is 0 Å². The van der Waals surface area contributed by atoms with Gasteiger partial charge in [-0.2, -0.15) is 0 Å². The Morgan fingerprint density at radius 2 is 0.961 bits per heavy atom. The first-order valence-electron chi connectivity index (χ1n) is 17.5. The highest BCUT2D eigenvalue weighted by Gasteiger charge is 2.30. The van der Waals surface area contributed by atoms with E-state index in [0.29, 0.717) is 0 Å². The maximum atomic E-state index is 12.5. The SMILES string of the molecule is C[N+]1(Cc2ccccc2)CCN(c2ccc(/C=C/C(=O)/C=C(O)/C=C/c3ccc(N4CC[N+](C)(Cc5ccccc5)CC4)cc3)cc2)CC1.[Br-].[Br-]. The third kappa shape index (κ3) is 11.5. The number of hydrogen-bond donors (Lipinski definition) is 1. The Morgan fingerprint density at radius 3 is 1.35 bits per heavy atom. The van der Waals surface area contributed by atoms with Gasteiger partial charge in [0, 0.05) is 28.6 Å². The minimum atomic E-state index is -0.254. The Kier molecular flexibility index (Phi) is 14.5. The molecule has 51 heavy (non-hydrogen) atoms. The number of benzene rings is 4. The fraction of sp³-hybridized carbons (Fsp3) is 0.279. The number of ketones is 1. The molecule has 0 aliphatic carbocycles. The first-order chi connectivity index (χ1) is 23.7. The normalized spacial score (nSPS) is 17.2. The van der Waals surface area contributed by atoms with Crippen LogP contribution in [0.4, 0.5) is 11.4 Å². The molecule has 2 aliphatic heterocycles. The number of anilines is 2. The van der Waals surface area contributed by atoms with Crippen LogP contribution >= 0.6 is 0 Å². The summed E-state index contributed by atoms with van der Waals surface area (Å²) in [7, 11) is 4.71. The van der Waals surface area contributed by atoms with Gasteiger partial charge in [-0.1, -0.05) is 97.1 Å². The number of carbonyl (C=O) groups excluding carboxylic acids is 1. The zero-order valence-electron chi connectivity index (χ0n) is 29.8. The molecule has 1 N–H and O–H groups in total. The van der Waals surface area contributed by atoms with Gasteiger partial charge in [-0.25, -0.2) is 0 Å². The third-order valence-electron chi connectivity index (χ3n) is 10.1. The summed E-state index contributed by atoms with van der Waals surface area (Å²) < 4.78 is 2.11. The van der Waals surface area contributed by atoms with Crippen LogP contribution in [-0.4, -0.2) is 86.3 Å². The molecule has 0 bridgehead atoms. The van der Waals surface area contributed by atoms with Gasteiger partial charge in [-0.3, -0.25) is 4.79 Å². The van der Waals surface area contributed by atoms with Crippen molar-refractivity contribution in [3.05, 3.63) is 155 Å². The number of aliphatic hydroxyl groups is 1. The van der Waals surface area contributed by atoms with Crippen molar-refractivity contribution in [2.75, 3.05) is 76.3 Å². The van der Waals surface area contributed by atoms with E-state index < -0.39 is 0 Å². The Bertz CT molecular complexity index is 1760. The number of nitrogens with zero attached hydrogens (tertiary/aromatic N) is 4. The average Bonchev–Trinajstić information content (AvgIpc) is 3.12. The van der Waals surface area contributed by atoms with Crippen molar-refractivity contribution in [2.24, 2.45) is 0 Å². The van der Waals surface area contributed by atoms with E-state index in [1.807, 2.05) is 18.2 Å². The number of rotatable bonds is 11. The molecule has 0 amide bonds. The van der Waals surface area contributed by atoms with Crippen LogP contribution in [0.1, 0.15) is 22.3 Å². The minimum absolute atomic E-state index is 0. The van der Waals surface area contributed by atoms with Crippen LogP contribution in [-0.2, 0) is 17.9 Å². The Morgan fingerprint density at radius 1 is 0.588 bits per heavy atom. The zero-order chi connectivity index (χ0) is 34.1. The number of carbonyl (C=O) groups is 1. The topological polar surface area (TPSA) is 43.8 Å². The van der Waals surface area contributed by atoms with E-state index in [1.54, 1.807) is 12.2 Å². The smallest absolute Gasteiger partial charge is 0.182 e. The summed E-state index contributed by atoms with van der Waals surface area (Å²) in [6.07, 6.45) is 7.96. The van der Waals surface area contributed by atoms with E-state index in [-0.39, 0.29) is 45.5 Å².